The molecule has 54 heavy (non-hydrogen) atoms. The molecule has 11 aromatic rings. The Hall–Kier alpha value is -6.95. The van der Waals surface area contributed by atoms with E-state index in [1.54, 1.807) is 0 Å². The average Bonchev–Trinajstić information content (AvgIpc) is 3.94. The van der Waals surface area contributed by atoms with Crippen LogP contribution in [0.3, 0.4) is 0 Å². The summed E-state index contributed by atoms with van der Waals surface area (Å²) in [4.78, 5) is 7.14. The van der Waals surface area contributed by atoms with Crippen LogP contribution in [-0.2, 0) is 0 Å². The predicted octanol–water partition coefficient (Wildman–Crippen LogP) is 14.6. The first-order valence-electron chi connectivity index (χ1n) is 18.0. The molecule has 0 amide bonds. The van der Waals surface area contributed by atoms with E-state index >= 15 is 0 Å². The molecule has 254 valence electrons. The molecule has 0 saturated heterocycles. The van der Waals surface area contributed by atoms with Crippen LogP contribution in [0.4, 0.5) is 17.1 Å². The molecule has 0 saturated carbocycles. The normalized spacial score (nSPS) is 11.7. The molecule has 3 aromatic heterocycles. The van der Waals surface area contributed by atoms with Crippen LogP contribution in [0, 0.1) is 0 Å². The van der Waals surface area contributed by atoms with Crippen molar-refractivity contribution < 1.29 is 8.83 Å². The van der Waals surface area contributed by atoms with E-state index in [-0.39, 0.29) is 0 Å². The molecule has 0 unspecified atom stereocenters. The van der Waals surface area contributed by atoms with Crippen molar-refractivity contribution in [3.8, 4) is 33.7 Å². The van der Waals surface area contributed by atoms with Crippen molar-refractivity contribution in [3.05, 3.63) is 182 Å². The first-order chi connectivity index (χ1) is 26.7. The fraction of sp³-hybridized carbons (Fsp3) is 0. The molecule has 0 spiro atoms. The molecule has 4 nitrogen and oxygen atoms in total. The minimum Gasteiger partial charge on any atom is -0.456 e. The number of oxazole rings is 1. The van der Waals surface area contributed by atoms with Gasteiger partial charge in [-0.1, -0.05) is 103 Å². The molecule has 5 heteroatoms. The van der Waals surface area contributed by atoms with Gasteiger partial charge in [0, 0.05) is 53.6 Å². The van der Waals surface area contributed by atoms with Gasteiger partial charge in [0.25, 0.3) is 0 Å². The number of para-hydroxylation sites is 2. The topological polar surface area (TPSA) is 42.4 Å². The number of benzene rings is 8. The van der Waals surface area contributed by atoms with Crippen molar-refractivity contribution in [2.45, 2.75) is 0 Å². The summed E-state index contributed by atoms with van der Waals surface area (Å²) in [5.74, 6) is 0.592. The molecule has 0 aliphatic rings. The van der Waals surface area contributed by atoms with Crippen molar-refractivity contribution in [1.29, 1.82) is 0 Å². The van der Waals surface area contributed by atoms with Gasteiger partial charge in [0.1, 0.15) is 16.7 Å². The Balaban J connectivity index is 0.995. The third-order valence-electron chi connectivity index (χ3n) is 10.3. The Morgan fingerprint density at radius 3 is 1.98 bits per heavy atom. The third kappa shape index (κ3) is 5.09. The Morgan fingerprint density at radius 2 is 1.07 bits per heavy atom. The smallest absolute Gasteiger partial charge is 0.228 e. The molecule has 0 aliphatic heterocycles. The lowest BCUT2D eigenvalue weighted by molar-refractivity contribution is 0.620. The van der Waals surface area contributed by atoms with Crippen molar-refractivity contribution in [2.75, 3.05) is 4.90 Å². The molecule has 11 rings (SSSR count). The molecule has 8 aromatic carbocycles. The van der Waals surface area contributed by atoms with Gasteiger partial charge in [-0.3, -0.25) is 0 Å². The zero-order chi connectivity index (χ0) is 35.6. The Kier molecular flexibility index (Phi) is 7.00. The van der Waals surface area contributed by atoms with E-state index in [0.717, 1.165) is 66.8 Å². The van der Waals surface area contributed by atoms with Crippen LogP contribution in [0.2, 0.25) is 0 Å². The van der Waals surface area contributed by atoms with Gasteiger partial charge in [0.2, 0.25) is 5.89 Å². The number of thiophene rings is 1. The minimum atomic E-state index is 0.592. The quantitative estimate of drug-likeness (QED) is 0.172. The Morgan fingerprint density at radius 1 is 0.407 bits per heavy atom. The van der Waals surface area contributed by atoms with E-state index in [4.69, 9.17) is 13.8 Å². The second-order valence-electron chi connectivity index (χ2n) is 13.6. The van der Waals surface area contributed by atoms with Crippen LogP contribution < -0.4 is 4.90 Å². The minimum absolute atomic E-state index is 0.592. The fourth-order valence-electron chi connectivity index (χ4n) is 7.73. The lowest BCUT2D eigenvalue weighted by atomic mass is 10.0. The first kappa shape index (κ1) is 30.7. The lowest BCUT2D eigenvalue weighted by Crippen LogP contribution is -2.09. The number of fused-ring (bicyclic) bond motifs is 7. The molecule has 0 aliphatic carbocycles. The van der Waals surface area contributed by atoms with Crippen LogP contribution in [0.5, 0.6) is 0 Å². The van der Waals surface area contributed by atoms with E-state index in [2.05, 4.69) is 150 Å². The third-order valence-corrected chi connectivity index (χ3v) is 11.4. The molecule has 0 atom stereocenters. The highest BCUT2D eigenvalue weighted by Gasteiger charge is 2.19. The summed E-state index contributed by atoms with van der Waals surface area (Å²) in [6.07, 6.45) is 0. The van der Waals surface area contributed by atoms with E-state index in [9.17, 15) is 0 Å². The summed E-state index contributed by atoms with van der Waals surface area (Å²) in [6.45, 7) is 0. The Labute approximate surface area is 314 Å². The summed E-state index contributed by atoms with van der Waals surface area (Å²) >= 11 is 1.84. The van der Waals surface area contributed by atoms with Crippen LogP contribution in [0.15, 0.2) is 191 Å². The van der Waals surface area contributed by atoms with E-state index in [1.807, 2.05) is 47.7 Å². The lowest BCUT2D eigenvalue weighted by Gasteiger charge is -2.26. The first-order valence-corrected chi connectivity index (χ1v) is 18.8. The number of anilines is 3. The molecule has 0 N–H and O–H groups in total. The Bertz CT molecular complexity index is 3140. The number of nitrogens with zero attached hydrogens (tertiary/aromatic N) is 2. The molecular weight excluding hydrogens is 681 g/mol. The summed E-state index contributed by atoms with van der Waals surface area (Å²) in [7, 11) is 0. The van der Waals surface area contributed by atoms with Crippen LogP contribution in [0.1, 0.15) is 0 Å². The fourth-order valence-corrected chi connectivity index (χ4v) is 8.87. The molecule has 0 fully saturated rings. The number of aromatic nitrogens is 1. The van der Waals surface area contributed by atoms with Gasteiger partial charge < -0.3 is 13.7 Å². The van der Waals surface area contributed by atoms with Crippen molar-refractivity contribution in [3.63, 3.8) is 0 Å². The van der Waals surface area contributed by atoms with E-state index < -0.39 is 0 Å². The summed E-state index contributed by atoms with van der Waals surface area (Å²) in [5.41, 5.74) is 12.0. The maximum Gasteiger partial charge on any atom is 0.228 e. The summed E-state index contributed by atoms with van der Waals surface area (Å²) in [5, 5.41) is 4.62. The number of furan rings is 1. The van der Waals surface area contributed by atoms with E-state index in [1.165, 1.54) is 31.3 Å². The van der Waals surface area contributed by atoms with Crippen molar-refractivity contribution >= 4 is 81.6 Å². The highest BCUT2D eigenvalue weighted by Crippen LogP contribution is 2.43. The largest absolute Gasteiger partial charge is 0.456 e. The van der Waals surface area contributed by atoms with Gasteiger partial charge in [-0.05, 0) is 101 Å². The highest BCUT2D eigenvalue weighted by molar-refractivity contribution is 7.25. The van der Waals surface area contributed by atoms with Gasteiger partial charge in [0.15, 0.2) is 5.58 Å². The number of hydrogen-bond donors (Lipinski definition) is 0. The summed E-state index contributed by atoms with van der Waals surface area (Å²) < 4.78 is 15.2. The maximum absolute atomic E-state index is 6.46. The van der Waals surface area contributed by atoms with Gasteiger partial charge in [-0.25, -0.2) is 4.98 Å². The van der Waals surface area contributed by atoms with Gasteiger partial charge >= 0.3 is 0 Å². The van der Waals surface area contributed by atoms with Gasteiger partial charge in [0.05, 0.1) is 0 Å². The molecule has 0 radical (unpaired) electrons. The monoisotopic (exact) mass is 710 g/mol. The zero-order valence-corrected chi connectivity index (χ0v) is 29.8. The van der Waals surface area contributed by atoms with Crippen LogP contribution in [0.25, 0.3) is 86.9 Å². The average molecular weight is 711 g/mol. The SMILES string of the molecule is c1ccc(-c2cccc(N(c3ccc(-c4ccc5c(c4)oc4cccc(-c6nc7ccccc7o6)c45)cc3)c3ccc4c(c3)sc3ccccc34)c2)cc1. The standard InChI is InChI=1S/C49H30N2O2S/c1-2-10-31(11-3-1)33-12-8-13-36(28-33)51(37-25-27-39-38-14-4-7-19-46(38)54-47(39)30-37)35-23-20-32(21-24-35)34-22-26-40-45(29-34)52-44-18-9-15-41(48(40)44)49-50-42-16-5-6-17-43(42)53-49/h1-30H. The predicted molar refractivity (Wildman–Crippen MR) is 225 cm³/mol. The van der Waals surface area contributed by atoms with Crippen LogP contribution >= 0.6 is 11.3 Å². The van der Waals surface area contributed by atoms with E-state index in [0.29, 0.717) is 5.89 Å². The molecule has 0 bridgehead atoms. The maximum atomic E-state index is 6.46. The van der Waals surface area contributed by atoms with Crippen LogP contribution in [-0.4, -0.2) is 4.98 Å². The van der Waals surface area contributed by atoms with Gasteiger partial charge in [-0.15, -0.1) is 11.3 Å². The summed E-state index contributed by atoms with van der Waals surface area (Å²) in [6, 6.07) is 64.1. The van der Waals surface area contributed by atoms with Gasteiger partial charge in [-0.2, -0.15) is 0 Å². The zero-order valence-electron chi connectivity index (χ0n) is 28.9. The highest BCUT2D eigenvalue weighted by atomic mass is 32.1. The number of hydrogen-bond acceptors (Lipinski definition) is 5. The van der Waals surface area contributed by atoms with Crippen molar-refractivity contribution in [1.82, 2.24) is 4.98 Å². The molecule has 3 heterocycles. The second-order valence-corrected chi connectivity index (χ2v) is 14.6. The second kappa shape index (κ2) is 12.3. The molecular formula is C49H30N2O2S. The van der Waals surface area contributed by atoms with Crippen molar-refractivity contribution in [2.24, 2.45) is 0 Å². The number of rotatable bonds is 6.